The summed E-state index contributed by atoms with van der Waals surface area (Å²) in [6, 6.07) is 22.2. The van der Waals surface area contributed by atoms with Crippen molar-refractivity contribution >= 4 is 34.0 Å². The number of anilines is 1. The van der Waals surface area contributed by atoms with E-state index < -0.39 is 0 Å². The largest absolute Gasteiger partial charge is 0.316 e. The predicted molar refractivity (Wildman–Crippen MR) is 150 cm³/mol. The number of rotatable bonds is 6. The molecule has 1 N–H and O–H groups in total. The SMILES string of the molecule is CC(C)(C)[C@H]1CCc2c(sc(NC(=O)CSc3nnc(-c4ccccc4)n3-c3ccccc3)c2C#N)C1. The molecule has 1 atom stereocenters. The van der Waals surface area contributed by atoms with E-state index >= 15 is 0 Å². The summed E-state index contributed by atoms with van der Waals surface area (Å²) < 4.78 is 1.98. The van der Waals surface area contributed by atoms with Crippen LogP contribution in [0.2, 0.25) is 0 Å². The summed E-state index contributed by atoms with van der Waals surface area (Å²) in [7, 11) is 0. The number of carbonyl (C=O) groups is 1. The number of hydrogen-bond donors (Lipinski definition) is 1. The fourth-order valence-electron chi connectivity index (χ4n) is 4.77. The van der Waals surface area contributed by atoms with Crippen molar-refractivity contribution in [3.8, 4) is 23.1 Å². The number of nitrogens with one attached hydrogen (secondary N) is 1. The molecule has 2 aromatic heterocycles. The molecule has 0 unspecified atom stereocenters. The number of nitriles is 1. The number of aromatic nitrogens is 3. The third-order valence-corrected chi connectivity index (χ3v) is 8.97. The predicted octanol–water partition coefficient (Wildman–Crippen LogP) is 6.75. The van der Waals surface area contributed by atoms with Gasteiger partial charge in [0, 0.05) is 16.1 Å². The zero-order chi connectivity index (χ0) is 26.0. The molecule has 6 nitrogen and oxygen atoms in total. The molecular weight excluding hydrogens is 498 g/mol. The van der Waals surface area contributed by atoms with Crippen LogP contribution in [0.5, 0.6) is 0 Å². The van der Waals surface area contributed by atoms with Crippen molar-refractivity contribution in [3.05, 3.63) is 76.7 Å². The molecule has 0 saturated heterocycles. The fourth-order valence-corrected chi connectivity index (χ4v) is 6.82. The van der Waals surface area contributed by atoms with E-state index in [1.165, 1.54) is 16.6 Å². The van der Waals surface area contributed by atoms with Crippen LogP contribution in [0, 0.1) is 22.7 Å². The van der Waals surface area contributed by atoms with Gasteiger partial charge in [-0.3, -0.25) is 9.36 Å². The molecule has 0 radical (unpaired) electrons. The average molecular weight is 528 g/mol. The van der Waals surface area contributed by atoms with Crippen molar-refractivity contribution < 1.29 is 4.79 Å². The number of nitrogens with zero attached hydrogens (tertiary/aromatic N) is 4. The number of hydrogen-bond acceptors (Lipinski definition) is 6. The second-order valence-electron chi connectivity index (χ2n) is 10.3. The highest BCUT2D eigenvalue weighted by molar-refractivity contribution is 7.99. The van der Waals surface area contributed by atoms with Gasteiger partial charge in [0.25, 0.3) is 0 Å². The van der Waals surface area contributed by atoms with Crippen LogP contribution in [0.15, 0.2) is 65.8 Å². The molecule has 0 bridgehead atoms. The van der Waals surface area contributed by atoms with Crippen LogP contribution in [-0.2, 0) is 17.6 Å². The Labute approximate surface area is 225 Å². The summed E-state index contributed by atoms with van der Waals surface area (Å²) in [6.07, 6.45) is 2.93. The molecule has 2 heterocycles. The van der Waals surface area contributed by atoms with Crippen molar-refractivity contribution in [2.45, 2.75) is 45.2 Å². The average Bonchev–Trinajstić information content (AvgIpc) is 3.48. The molecule has 0 fully saturated rings. The van der Waals surface area contributed by atoms with Crippen molar-refractivity contribution in [2.75, 3.05) is 11.1 Å². The molecule has 188 valence electrons. The van der Waals surface area contributed by atoms with Gasteiger partial charge in [0.2, 0.25) is 5.91 Å². The van der Waals surface area contributed by atoms with E-state index in [-0.39, 0.29) is 17.1 Å². The van der Waals surface area contributed by atoms with Crippen molar-refractivity contribution in [2.24, 2.45) is 11.3 Å². The van der Waals surface area contributed by atoms with Gasteiger partial charge in [-0.1, -0.05) is 81.1 Å². The second kappa shape index (κ2) is 10.5. The van der Waals surface area contributed by atoms with Gasteiger partial charge in [-0.15, -0.1) is 21.5 Å². The summed E-state index contributed by atoms with van der Waals surface area (Å²) in [4.78, 5) is 14.3. The summed E-state index contributed by atoms with van der Waals surface area (Å²) in [5.41, 5.74) is 3.85. The monoisotopic (exact) mass is 527 g/mol. The van der Waals surface area contributed by atoms with E-state index in [4.69, 9.17) is 0 Å². The Morgan fingerprint density at radius 2 is 1.84 bits per heavy atom. The summed E-state index contributed by atoms with van der Waals surface area (Å²) >= 11 is 2.90. The Morgan fingerprint density at radius 1 is 1.14 bits per heavy atom. The molecule has 1 aliphatic rings. The lowest BCUT2D eigenvalue weighted by molar-refractivity contribution is -0.113. The van der Waals surface area contributed by atoms with Gasteiger partial charge in [-0.05, 0) is 48.3 Å². The van der Waals surface area contributed by atoms with Gasteiger partial charge in [0.05, 0.1) is 11.3 Å². The Morgan fingerprint density at radius 3 is 2.51 bits per heavy atom. The molecular formula is C29H29N5OS2. The highest BCUT2D eigenvalue weighted by Crippen LogP contribution is 2.44. The molecule has 2 aromatic carbocycles. The maximum Gasteiger partial charge on any atom is 0.235 e. The lowest BCUT2D eigenvalue weighted by Gasteiger charge is -2.33. The van der Waals surface area contributed by atoms with E-state index in [0.29, 0.717) is 21.6 Å². The van der Waals surface area contributed by atoms with Crippen LogP contribution in [0.3, 0.4) is 0 Å². The third kappa shape index (κ3) is 5.34. The van der Waals surface area contributed by atoms with Crippen LogP contribution < -0.4 is 5.32 Å². The van der Waals surface area contributed by atoms with Crippen LogP contribution >= 0.6 is 23.1 Å². The van der Waals surface area contributed by atoms with Crippen LogP contribution in [0.1, 0.15) is 43.2 Å². The first-order valence-electron chi connectivity index (χ1n) is 12.4. The molecule has 0 aliphatic heterocycles. The maximum atomic E-state index is 13.0. The Kier molecular flexibility index (Phi) is 7.18. The van der Waals surface area contributed by atoms with Crippen molar-refractivity contribution in [3.63, 3.8) is 0 Å². The number of carbonyl (C=O) groups excluding carboxylic acids is 1. The lowest BCUT2D eigenvalue weighted by atomic mass is 9.72. The van der Waals surface area contributed by atoms with Crippen molar-refractivity contribution in [1.29, 1.82) is 5.26 Å². The van der Waals surface area contributed by atoms with Crippen LogP contribution in [0.25, 0.3) is 17.1 Å². The first kappa shape index (κ1) is 25.2. The summed E-state index contributed by atoms with van der Waals surface area (Å²) in [5.74, 6) is 1.31. The smallest absolute Gasteiger partial charge is 0.235 e. The Bertz CT molecular complexity index is 1450. The Hall–Kier alpha value is -3.41. The number of thiophene rings is 1. The quantitative estimate of drug-likeness (QED) is 0.280. The van der Waals surface area contributed by atoms with Gasteiger partial charge < -0.3 is 5.32 Å². The molecule has 1 amide bonds. The topological polar surface area (TPSA) is 83.6 Å². The highest BCUT2D eigenvalue weighted by Gasteiger charge is 2.32. The van der Waals surface area contributed by atoms with E-state index in [0.717, 1.165) is 41.9 Å². The number of benzene rings is 2. The first-order valence-corrected chi connectivity index (χ1v) is 14.2. The fraction of sp³-hybridized carbons (Fsp3) is 0.310. The minimum atomic E-state index is -0.156. The van der Waals surface area contributed by atoms with E-state index in [2.05, 4.69) is 42.4 Å². The van der Waals surface area contributed by atoms with Crippen LogP contribution in [-0.4, -0.2) is 26.4 Å². The third-order valence-electron chi connectivity index (χ3n) is 6.87. The number of thioether (sulfide) groups is 1. The normalized spacial score (nSPS) is 15.1. The zero-order valence-electron chi connectivity index (χ0n) is 21.2. The second-order valence-corrected chi connectivity index (χ2v) is 12.4. The standard InChI is InChI=1S/C29H29N5OS2/c1-29(2,3)20-14-15-22-23(17-30)27(37-24(22)16-20)31-25(35)18-36-28-33-32-26(19-10-6-4-7-11-19)34(28)21-12-8-5-9-13-21/h4-13,20H,14-16,18H2,1-3H3,(H,31,35)/t20-/m0/s1. The molecule has 37 heavy (non-hydrogen) atoms. The van der Waals surface area contributed by atoms with Gasteiger partial charge in [-0.25, -0.2) is 0 Å². The number of para-hydroxylation sites is 1. The van der Waals surface area contributed by atoms with E-state index in [1.807, 2.05) is 65.2 Å². The molecule has 0 spiro atoms. The minimum Gasteiger partial charge on any atom is -0.316 e. The van der Waals surface area contributed by atoms with E-state index in [1.54, 1.807) is 11.3 Å². The molecule has 1 aliphatic carbocycles. The number of amides is 1. The first-order chi connectivity index (χ1) is 17.8. The van der Waals surface area contributed by atoms with E-state index in [9.17, 15) is 10.1 Å². The van der Waals surface area contributed by atoms with Crippen molar-refractivity contribution in [1.82, 2.24) is 14.8 Å². The van der Waals surface area contributed by atoms with Gasteiger partial charge >= 0.3 is 0 Å². The molecule has 0 saturated carbocycles. The number of fused-ring (bicyclic) bond motifs is 1. The van der Waals surface area contributed by atoms with Crippen LogP contribution in [0.4, 0.5) is 5.00 Å². The van der Waals surface area contributed by atoms with Gasteiger partial charge in [-0.2, -0.15) is 5.26 Å². The zero-order valence-corrected chi connectivity index (χ0v) is 22.8. The summed E-state index contributed by atoms with van der Waals surface area (Å²) in [5, 5.41) is 23.0. The maximum absolute atomic E-state index is 13.0. The highest BCUT2D eigenvalue weighted by atomic mass is 32.2. The molecule has 5 rings (SSSR count). The summed E-state index contributed by atoms with van der Waals surface area (Å²) in [6.45, 7) is 6.83. The minimum absolute atomic E-state index is 0.156. The lowest BCUT2D eigenvalue weighted by Crippen LogP contribution is -2.26. The molecule has 8 heteroatoms. The van der Waals surface area contributed by atoms with Gasteiger partial charge in [0.1, 0.15) is 11.1 Å². The molecule has 4 aromatic rings. The van der Waals surface area contributed by atoms with Gasteiger partial charge in [0.15, 0.2) is 11.0 Å². The Balaban J connectivity index is 1.35.